The number of carboxylic acids is 1. The van der Waals surface area contributed by atoms with Gasteiger partial charge in [0, 0.05) is 6.42 Å². The first kappa shape index (κ1) is 24.0. The van der Waals surface area contributed by atoms with E-state index in [0.717, 1.165) is 12.1 Å². The highest BCUT2D eigenvalue weighted by atomic mass is 35.5. The monoisotopic (exact) mass is 466 g/mol. The van der Waals surface area contributed by atoms with Gasteiger partial charge in [-0.25, -0.2) is 9.18 Å². The molecule has 0 heterocycles. The molecule has 0 unspecified atom stereocenters. The van der Waals surface area contributed by atoms with Gasteiger partial charge in [0.2, 0.25) is 0 Å². The zero-order valence-corrected chi connectivity index (χ0v) is 17.3. The molecule has 0 aromatic heterocycles. The van der Waals surface area contributed by atoms with Crippen LogP contribution in [-0.2, 0) is 17.4 Å². The van der Waals surface area contributed by atoms with Crippen LogP contribution in [0.4, 0.5) is 17.6 Å². The van der Waals surface area contributed by atoms with Gasteiger partial charge in [-0.15, -0.1) is 0 Å². The summed E-state index contributed by atoms with van der Waals surface area (Å²) in [6.07, 6.45) is -5.28. The van der Waals surface area contributed by atoms with Crippen molar-refractivity contribution in [1.82, 2.24) is 0 Å². The summed E-state index contributed by atoms with van der Waals surface area (Å²) in [5.74, 6) is -3.68. The van der Waals surface area contributed by atoms with Gasteiger partial charge in [0.25, 0.3) is 0 Å². The minimum absolute atomic E-state index is 0.00679. The van der Waals surface area contributed by atoms with E-state index < -0.39 is 40.5 Å². The fourth-order valence-electron chi connectivity index (χ4n) is 2.51. The molecule has 0 aliphatic rings. The summed E-state index contributed by atoms with van der Waals surface area (Å²) in [6, 6.07) is 5.30. The summed E-state index contributed by atoms with van der Waals surface area (Å²) < 4.78 is 57.9. The number of hydrogen-bond donors (Lipinski definition) is 1. The average Bonchev–Trinajstić information content (AvgIpc) is 2.63. The number of aliphatic carboxylic acids is 1. The topological polar surface area (TPSA) is 63.6 Å². The highest BCUT2D eigenvalue weighted by Gasteiger charge is 2.35. The quantitative estimate of drug-likeness (QED) is 0.389. The minimum atomic E-state index is -4.92. The third-order valence-corrected chi connectivity index (χ3v) is 5.14. The molecule has 162 valence electrons. The molecule has 2 aromatic carbocycles. The minimum Gasteiger partial charge on any atom is -0.478 e. The van der Waals surface area contributed by atoms with Gasteiger partial charge in [-0.3, -0.25) is 4.79 Å². The zero-order valence-electron chi connectivity index (χ0n) is 15.7. The first-order chi connectivity index (χ1) is 13.8. The number of hydrogen-bond acceptors (Lipinski definition) is 3. The molecule has 2 rings (SSSR count). The van der Waals surface area contributed by atoms with Crippen molar-refractivity contribution >= 4 is 35.0 Å². The lowest BCUT2D eigenvalue weighted by Gasteiger charge is -2.23. The predicted octanol–water partition coefficient (Wildman–Crippen LogP) is 6.21. The lowest BCUT2D eigenvalue weighted by atomic mass is 10.00. The number of rotatable bonds is 7. The maximum absolute atomic E-state index is 14.1. The summed E-state index contributed by atoms with van der Waals surface area (Å²) in [6.45, 7) is 2.63. The molecule has 0 saturated carbocycles. The van der Waals surface area contributed by atoms with Crippen molar-refractivity contribution in [1.29, 1.82) is 0 Å². The molecule has 0 aliphatic carbocycles. The van der Waals surface area contributed by atoms with Crippen LogP contribution in [0.25, 0.3) is 0 Å². The fourth-order valence-corrected chi connectivity index (χ4v) is 2.98. The van der Waals surface area contributed by atoms with Gasteiger partial charge >= 0.3 is 12.1 Å². The zero-order chi connectivity index (χ0) is 22.9. The van der Waals surface area contributed by atoms with Crippen LogP contribution >= 0.6 is 23.2 Å². The number of Topliss-reactive ketones (excluding diaryl/α,β-unsaturated/α-hetero) is 1. The van der Waals surface area contributed by atoms with E-state index in [2.05, 4.69) is 0 Å². The third-order valence-electron chi connectivity index (χ3n) is 4.23. The van der Waals surface area contributed by atoms with Gasteiger partial charge in [-0.1, -0.05) is 35.3 Å². The predicted molar refractivity (Wildman–Crippen MR) is 103 cm³/mol. The lowest BCUT2D eigenvalue weighted by molar-refractivity contribution is -0.152. The largest absolute Gasteiger partial charge is 0.478 e. The first-order valence-corrected chi connectivity index (χ1v) is 9.29. The number of carbonyl (C=O) groups is 2. The average molecular weight is 467 g/mol. The molecule has 0 amide bonds. The molecule has 0 fully saturated rings. The van der Waals surface area contributed by atoms with Crippen molar-refractivity contribution in [2.24, 2.45) is 0 Å². The fraction of sp³-hybridized carbons (Fsp3) is 0.300. The highest BCUT2D eigenvalue weighted by molar-refractivity contribution is 6.43. The van der Waals surface area contributed by atoms with E-state index >= 15 is 0 Å². The summed E-state index contributed by atoms with van der Waals surface area (Å²) in [5, 5.41) is 9.03. The van der Waals surface area contributed by atoms with Crippen LogP contribution in [0.5, 0.6) is 5.75 Å². The van der Waals surface area contributed by atoms with Gasteiger partial charge in [0.05, 0.1) is 16.1 Å². The Balaban J connectivity index is 2.20. The molecule has 2 aromatic rings. The van der Waals surface area contributed by atoms with E-state index in [4.69, 9.17) is 33.0 Å². The van der Waals surface area contributed by atoms with E-state index in [1.807, 2.05) is 0 Å². The van der Waals surface area contributed by atoms with Crippen molar-refractivity contribution in [3.63, 3.8) is 0 Å². The third kappa shape index (κ3) is 5.23. The Hall–Kier alpha value is -2.32. The van der Waals surface area contributed by atoms with Gasteiger partial charge in [0.15, 0.2) is 11.4 Å². The second-order valence-electron chi connectivity index (χ2n) is 6.86. The summed E-state index contributed by atoms with van der Waals surface area (Å²) in [4.78, 5) is 23.4. The number of carbonyl (C=O) groups excluding carboxylic acids is 1. The van der Waals surface area contributed by atoms with Gasteiger partial charge in [-0.05, 0) is 44.0 Å². The number of ketones is 1. The van der Waals surface area contributed by atoms with Gasteiger partial charge in [-0.2, -0.15) is 13.2 Å². The molecule has 10 heteroatoms. The van der Waals surface area contributed by atoms with Crippen LogP contribution in [0.3, 0.4) is 0 Å². The number of alkyl halides is 3. The van der Waals surface area contributed by atoms with E-state index in [9.17, 15) is 27.2 Å². The summed E-state index contributed by atoms with van der Waals surface area (Å²) >= 11 is 12.3. The van der Waals surface area contributed by atoms with Crippen LogP contribution in [0.1, 0.15) is 41.8 Å². The van der Waals surface area contributed by atoms with E-state index in [-0.39, 0.29) is 28.6 Å². The van der Waals surface area contributed by atoms with E-state index in [1.165, 1.54) is 26.0 Å². The highest BCUT2D eigenvalue weighted by Crippen LogP contribution is 2.37. The molecular weight excluding hydrogens is 451 g/mol. The van der Waals surface area contributed by atoms with Crippen LogP contribution < -0.4 is 4.74 Å². The Morgan fingerprint density at radius 3 is 2.27 bits per heavy atom. The Morgan fingerprint density at radius 1 is 1.07 bits per heavy atom. The Kier molecular flexibility index (Phi) is 7.04. The summed E-state index contributed by atoms with van der Waals surface area (Å²) in [5.41, 5.74) is -3.40. The number of carboxylic acid groups (broad SMARTS) is 1. The lowest BCUT2D eigenvalue weighted by Crippen LogP contribution is -2.38. The van der Waals surface area contributed by atoms with Crippen molar-refractivity contribution < 1.29 is 37.0 Å². The Labute approximate surface area is 179 Å². The summed E-state index contributed by atoms with van der Waals surface area (Å²) in [7, 11) is 0. The number of aryl methyl sites for hydroxylation is 1. The molecule has 0 aliphatic heterocycles. The molecule has 0 radical (unpaired) electrons. The van der Waals surface area contributed by atoms with Gasteiger partial charge in [0.1, 0.15) is 16.6 Å². The molecule has 0 atom stereocenters. The van der Waals surface area contributed by atoms with Crippen LogP contribution in [-0.4, -0.2) is 22.5 Å². The van der Waals surface area contributed by atoms with Crippen LogP contribution in [0.2, 0.25) is 10.0 Å². The molecule has 0 spiro atoms. The molecule has 1 N–H and O–H groups in total. The second-order valence-corrected chi connectivity index (χ2v) is 7.61. The van der Waals surface area contributed by atoms with Crippen molar-refractivity contribution in [3.05, 3.63) is 62.9 Å². The van der Waals surface area contributed by atoms with Crippen molar-refractivity contribution in [2.45, 2.75) is 38.5 Å². The SMILES string of the molecule is CC(C)(Oc1ccc(CCC(=O)c2cccc(C(F)(F)F)c2F)c(Cl)c1Cl)C(=O)O. The molecular formula is C20H16Cl2F4O4. The molecule has 0 saturated heterocycles. The molecule has 30 heavy (non-hydrogen) atoms. The normalized spacial score (nSPS) is 12.0. The maximum atomic E-state index is 14.1. The number of halogens is 6. The molecule has 0 bridgehead atoms. The number of ether oxygens (including phenoxy) is 1. The first-order valence-electron chi connectivity index (χ1n) is 8.54. The maximum Gasteiger partial charge on any atom is 0.419 e. The Morgan fingerprint density at radius 2 is 1.70 bits per heavy atom. The second kappa shape index (κ2) is 8.81. The van der Waals surface area contributed by atoms with Crippen molar-refractivity contribution in [3.8, 4) is 5.75 Å². The standard InChI is InChI=1S/C20H16Cl2F4O4/c1-19(2,18(28)29)30-14-9-7-10(15(21)16(14)22)6-8-13(27)11-4-3-5-12(17(11)23)20(24,25)26/h3-5,7,9H,6,8H2,1-2H3,(H,28,29). The van der Waals surface area contributed by atoms with Gasteiger partial charge < -0.3 is 9.84 Å². The van der Waals surface area contributed by atoms with E-state index in [0.29, 0.717) is 11.6 Å². The van der Waals surface area contributed by atoms with E-state index in [1.54, 1.807) is 0 Å². The smallest absolute Gasteiger partial charge is 0.419 e. The number of benzene rings is 2. The molecule has 4 nitrogen and oxygen atoms in total. The Bertz CT molecular complexity index is 988. The van der Waals surface area contributed by atoms with Crippen LogP contribution in [0.15, 0.2) is 30.3 Å². The van der Waals surface area contributed by atoms with Crippen LogP contribution in [0, 0.1) is 5.82 Å². The van der Waals surface area contributed by atoms with Crippen molar-refractivity contribution in [2.75, 3.05) is 0 Å².